The Morgan fingerprint density at radius 2 is 1.02 bits per heavy atom. The number of phenolic OH excluding ortho intramolecular Hbond substituents is 2. The molecule has 0 amide bonds. The van der Waals surface area contributed by atoms with Gasteiger partial charge < -0.3 is 29.2 Å². The molecule has 3 aliphatic rings. The van der Waals surface area contributed by atoms with E-state index in [1.807, 2.05) is 35.3 Å². The van der Waals surface area contributed by atoms with Gasteiger partial charge in [0.15, 0.2) is 23.0 Å². The number of hydrogen-bond acceptors (Lipinski definition) is 10. The van der Waals surface area contributed by atoms with Gasteiger partial charge in [0, 0.05) is 45.4 Å². The number of aromatic hydroxyl groups is 2. The van der Waals surface area contributed by atoms with E-state index in [4.69, 9.17) is 28.9 Å². The van der Waals surface area contributed by atoms with E-state index in [0.29, 0.717) is 37.6 Å². The lowest BCUT2D eigenvalue weighted by Gasteiger charge is -2.26. The average molecular weight is 715 g/mol. The molecule has 1 aliphatic carbocycles. The van der Waals surface area contributed by atoms with Crippen LogP contribution in [-0.4, -0.2) is 61.2 Å². The van der Waals surface area contributed by atoms with E-state index in [2.05, 4.69) is 53.7 Å². The fourth-order valence-electron chi connectivity index (χ4n) is 6.83. The number of ether oxygens (including phenoxy) is 4. The standard InChI is InChI=1S/C40H46N2O6S2/c1-39(2,3)27-17-23(37-35-31(21-49-37)45-11-13-47-35)15-25(33(27)43)19-41-29-9-7-8-10-30(29)42-20-26-16-24(18-28(34(26)44)40(4,5)6)38-36-32(22-50-38)46-12-14-48-36/h15-22,29-30,43-44H,7-14H2,1-6H3/t29-,30-/m0/s1. The highest BCUT2D eigenvalue weighted by molar-refractivity contribution is 7.14. The number of nitrogens with zero attached hydrogens (tertiary/aromatic N) is 2. The summed E-state index contributed by atoms with van der Waals surface area (Å²) in [5.41, 5.74) is 4.40. The van der Waals surface area contributed by atoms with E-state index in [1.54, 1.807) is 22.7 Å². The van der Waals surface area contributed by atoms with Gasteiger partial charge in [-0.15, -0.1) is 22.7 Å². The first-order chi connectivity index (χ1) is 23.9. The van der Waals surface area contributed by atoms with Gasteiger partial charge in [-0.1, -0.05) is 54.4 Å². The average Bonchev–Trinajstić information content (AvgIpc) is 3.72. The molecule has 0 unspecified atom stereocenters. The van der Waals surface area contributed by atoms with Crippen molar-refractivity contribution in [1.82, 2.24) is 0 Å². The zero-order valence-electron chi connectivity index (χ0n) is 29.7. The van der Waals surface area contributed by atoms with Gasteiger partial charge in [-0.2, -0.15) is 0 Å². The minimum Gasteiger partial charge on any atom is -0.507 e. The van der Waals surface area contributed by atoms with Crippen LogP contribution in [0.2, 0.25) is 0 Å². The van der Waals surface area contributed by atoms with Gasteiger partial charge in [-0.05, 0) is 59.1 Å². The maximum absolute atomic E-state index is 11.5. The Kier molecular flexibility index (Phi) is 9.37. The first kappa shape index (κ1) is 34.4. The van der Waals surface area contributed by atoms with Crippen molar-refractivity contribution in [3.8, 4) is 55.4 Å². The molecule has 4 aromatic rings. The smallest absolute Gasteiger partial charge is 0.179 e. The van der Waals surface area contributed by atoms with Crippen LogP contribution in [0.25, 0.3) is 20.9 Å². The second kappa shape index (κ2) is 13.6. The number of benzene rings is 2. The van der Waals surface area contributed by atoms with E-state index in [9.17, 15) is 10.2 Å². The third kappa shape index (κ3) is 6.84. The predicted molar refractivity (Wildman–Crippen MR) is 203 cm³/mol. The molecule has 4 heterocycles. The number of aliphatic imine (C=N–C) groups is 2. The predicted octanol–water partition coefficient (Wildman–Crippen LogP) is 9.54. The molecule has 8 nitrogen and oxygen atoms in total. The molecule has 2 N–H and O–H groups in total. The van der Waals surface area contributed by atoms with Crippen LogP contribution in [0.5, 0.6) is 34.5 Å². The molecule has 0 spiro atoms. The minimum atomic E-state index is -0.293. The molecule has 50 heavy (non-hydrogen) atoms. The van der Waals surface area contributed by atoms with Crippen molar-refractivity contribution in [2.24, 2.45) is 9.98 Å². The lowest BCUT2D eigenvalue weighted by Crippen LogP contribution is -2.27. The van der Waals surface area contributed by atoms with Gasteiger partial charge >= 0.3 is 0 Å². The molecule has 10 heteroatoms. The fraction of sp³-hybridized carbons (Fsp3) is 0.450. The first-order valence-corrected chi connectivity index (χ1v) is 19.2. The van der Waals surface area contributed by atoms with Crippen molar-refractivity contribution in [3.05, 3.63) is 57.3 Å². The van der Waals surface area contributed by atoms with Gasteiger partial charge in [0.2, 0.25) is 0 Å². The maximum Gasteiger partial charge on any atom is 0.179 e. The molecular formula is C40H46N2O6S2. The maximum atomic E-state index is 11.5. The molecule has 2 aromatic carbocycles. The van der Waals surface area contributed by atoms with Gasteiger partial charge in [-0.3, -0.25) is 9.98 Å². The molecule has 2 atom stereocenters. The highest BCUT2D eigenvalue weighted by Gasteiger charge is 2.29. The van der Waals surface area contributed by atoms with Crippen LogP contribution in [0.4, 0.5) is 0 Å². The van der Waals surface area contributed by atoms with Crippen molar-refractivity contribution in [1.29, 1.82) is 0 Å². The fourth-order valence-corrected chi connectivity index (χ4v) is 8.67. The van der Waals surface area contributed by atoms with E-state index in [1.165, 1.54) is 0 Å². The van der Waals surface area contributed by atoms with Crippen LogP contribution >= 0.6 is 22.7 Å². The summed E-state index contributed by atoms with van der Waals surface area (Å²) in [5, 5.41) is 27.0. The summed E-state index contributed by atoms with van der Waals surface area (Å²) in [4.78, 5) is 12.1. The minimum absolute atomic E-state index is 0.0605. The summed E-state index contributed by atoms with van der Waals surface area (Å²) >= 11 is 3.17. The Hall–Kier alpha value is -4.02. The van der Waals surface area contributed by atoms with Crippen LogP contribution in [0.3, 0.4) is 0 Å². The van der Waals surface area contributed by atoms with Crippen molar-refractivity contribution >= 4 is 35.1 Å². The summed E-state index contributed by atoms with van der Waals surface area (Å²) in [6, 6.07) is 7.98. The lowest BCUT2D eigenvalue weighted by atomic mass is 9.83. The lowest BCUT2D eigenvalue weighted by molar-refractivity contribution is 0.174. The van der Waals surface area contributed by atoms with Crippen LogP contribution in [0, 0.1) is 0 Å². The Morgan fingerprint density at radius 3 is 1.42 bits per heavy atom. The molecular weight excluding hydrogens is 669 g/mol. The number of rotatable bonds is 6. The zero-order chi connectivity index (χ0) is 35.2. The molecule has 0 bridgehead atoms. The molecule has 264 valence electrons. The number of hydrogen-bond donors (Lipinski definition) is 2. The highest BCUT2D eigenvalue weighted by atomic mass is 32.1. The summed E-state index contributed by atoms with van der Waals surface area (Å²) in [6.07, 6.45) is 7.56. The Labute approximate surface area is 302 Å². The molecule has 2 aliphatic heterocycles. The Balaban J connectivity index is 1.21. The van der Waals surface area contributed by atoms with Crippen molar-refractivity contribution in [2.45, 2.75) is 90.1 Å². The molecule has 2 aromatic heterocycles. The quantitative estimate of drug-likeness (QED) is 0.193. The highest BCUT2D eigenvalue weighted by Crippen LogP contribution is 2.49. The summed E-state index contributed by atoms with van der Waals surface area (Å²) in [7, 11) is 0. The monoisotopic (exact) mass is 714 g/mol. The van der Waals surface area contributed by atoms with Crippen LogP contribution in [0.15, 0.2) is 45.0 Å². The van der Waals surface area contributed by atoms with E-state index in [0.717, 1.165) is 80.7 Å². The second-order valence-corrected chi connectivity index (χ2v) is 17.1. The zero-order valence-corrected chi connectivity index (χ0v) is 31.3. The molecule has 1 fully saturated rings. The van der Waals surface area contributed by atoms with Crippen LogP contribution in [0.1, 0.15) is 89.5 Å². The summed E-state index contributed by atoms with van der Waals surface area (Å²) in [5.74, 6) is 3.54. The SMILES string of the molecule is CC(C)(C)c1cc(-c2scc3c2OCCO3)cc(C=N[C@H]2CCCC[C@@H]2N=Cc2cc(-c3scc4c3OCCO4)cc(C(C)(C)C)c2O)c1O. The topological polar surface area (TPSA) is 102 Å². The molecule has 1 saturated carbocycles. The molecule has 7 rings (SSSR count). The van der Waals surface area contributed by atoms with Crippen molar-refractivity contribution in [3.63, 3.8) is 0 Å². The summed E-state index contributed by atoms with van der Waals surface area (Å²) in [6.45, 7) is 14.7. The number of fused-ring (bicyclic) bond motifs is 2. The van der Waals surface area contributed by atoms with Crippen molar-refractivity contribution in [2.75, 3.05) is 26.4 Å². The normalized spacial score (nSPS) is 19.4. The third-order valence-electron chi connectivity index (χ3n) is 9.53. The Morgan fingerprint density at radius 1 is 0.620 bits per heavy atom. The van der Waals surface area contributed by atoms with Gasteiger partial charge in [0.1, 0.15) is 37.9 Å². The number of phenols is 2. The first-order valence-electron chi connectivity index (χ1n) is 17.4. The second-order valence-electron chi connectivity index (χ2n) is 15.3. The van der Waals surface area contributed by atoms with Gasteiger partial charge in [-0.25, -0.2) is 0 Å². The molecule has 0 saturated heterocycles. The Bertz CT molecular complexity index is 1800. The van der Waals surface area contributed by atoms with Crippen LogP contribution < -0.4 is 18.9 Å². The number of thiophene rings is 2. The van der Waals surface area contributed by atoms with E-state index in [-0.39, 0.29) is 34.4 Å². The largest absolute Gasteiger partial charge is 0.507 e. The van der Waals surface area contributed by atoms with Gasteiger partial charge in [0.05, 0.1) is 21.8 Å². The molecule has 0 radical (unpaired) electrons. The van der Waals surface area contributed by atoms with E-state index >= 15 is 0 Å². The van der Waals surface area contributed by atoms with Crippen molar-refractivity contribution < 1.29 is 29.2 Å². The van der Waals surface area contributed by atoms with Gasteiger partial charge in [0.25, 0.3) is 0 Å². The van der Waals surface area contributed by atoms with Crippen LogP contribution in [-0.2, 0) is 10.8 Å². The third-order valence-corrected chi connectivity index (χ3v) is 11.5. The van der Waals surface area contributed by atoms with E-state index < -0.39 is 0 Å². The summed E-state index contributed by atoms with van der Waals surface area (Å²) < 4.78 is 23.7.